The van der Waals surface area contributed by atoms with Crippen molar-refractivity contribution >= 4 is 75.1 Å². The second-order valence-corrected chi connectivity index (χ2v) is 9.89. The molecule has 0 amide bonds. The second kappa shape index (κ2) is 8.57. The Labute approximate surface area is 197 Å². The van der Waals surface area contributed by atoms with E-state index in [9.17, 15) is 0 Å². The highest BCUT2D eigenvalue weighted by atomic mass is 35.5. The highest BCUT2D eigenvalue weighted by Gasteiger charge is 2.27. The molecule has 6 heteroatoms. The molecule has 3 aromatic carbocycles. The third-order valence-corrected chi connectivity index (χ3v) is 6.17. The summed E-state index contributed by atoms with van der Waals surface area (Å²) in [5.74, 6) is 0. The average Bonchev–Trinajstić information content (AvgIpc) is 2.59. The Hall–Kier alpha value is -1.09. The van der Waals surface area contributed by atoms with Crippen LogP contribution in [0.5, 0.6) is 0 Å². The largest absolute Gasteiger partial charge is 0.303 e. The van der Waals surface area contributed by atoms with Crippen LogP contribution in [0.4, 0.5) is 17.1 Å². The Morgan fingerprint density at radius 2 is 1.03 bits per heavy atom. The van der Waals surface area contributed by atoms with E-state index in [0.717, 1.165) is 16.8 Å². The van der Waals surface area contributed by atoms with Crippen molar-refractivity contribution in [2.24, 2.45) is 0 Å². The Morgan fingerprint density at radius 3 is 1.48 bits per heavy atom. The fourth-order valence-electron chi connectivity index (χ4n) is 3.16. The van der Waals surface area contributed by atoms with Gasteiger partial charge in [0.2, 0.25) is 0 Å². The minimum absolute atomic E-state index is 0.112. The van der Waals surface area contributed by atoms with Crippen LogP contribution >= 0.6 is 58.0 Å². The van der Waals surface area contributed by atoms with Crippen molar-refractivity contribution in [2.75, 3.05) is 4.90 Å². The van der Waals surface area contributed by atoms with E-state index in [0.29, 0.717) is 36.5 Å². The molecule has 3 rings (SSSR count). The third-order valence-electron chi connectivity index (χ3n) is 4.68. The van der Waals surface area contributed by atoms with Crippen LogP contribution in [0.1, 0.15) is 31.9 Å². The molecule has 0 fully saturated rings. The van der Waals surface area contributed by atoms with E-state index >= 15 is 0 Å². The number of halogens is 5. The molecule has 0 saturated carbocycles. The molecule has 0 spiro atoms. The van der Waals surface area contributed by atoms with E-state index in [2.05, 4.69) is 20.8 Å². The molecule has 3 aromatic rings. The predicted octanol–water partition coefficient (Wildman–Crippen LogP) is 10.0. The van der Waals surface area contributed by atoms with Crippen molar-refractivity contribution < 1.29 is 0 Å². The zero-order valence-electron chi connectivity index (χ0n) is 16.5. The van der Waals surface area contributed by atoms with Crippen molar-refractivity contribution in [3.8, 4) is 0 Å². The maximum absolute atomic E-state index is 6.79. The van der Waals surface area contributed by atoms with E-state index in [4.69, 9.17) is 58.0 Å². The van der Waals surface area contributed by atoms with Crippen LogP contribution in [0.25, 0.3) is 0 Å². The number of hydrogen-bond donors (Lipinski definition) is 0. The molecule has 0 bridgehead atoms. The summed E-state index contributed by atoms with van der Waals surface area (Å²) in [5.41, 5.74) is 3.71. The fourth-order valence-corrected chi connectivity index (χ4v) is 4.69. The van der Waals surface area contributed by atoms with Gasteiger partial charge in [0.15, 0.2) is 0 Å². The Bertz CT molecular complexity index is 954. The molecular formula is C23H20Cl5N. The first-order valence-electron chi connectivity index (χ1n) is 9.01. The summed E-state index contributed by atoms with van der Waals surface area (Å²) >= 11 is 33.4. The zero-order valence-corrected chi connectivity index (χ0v) is 20.2. The summed E-state index contributed by atoms with van der Waals surface area (Å²) in [6, 6.07) is 14.8. The lowest BCUT2D eigenvalue weighted by Crippen LogP contribution is -2.16. The summed E-state index contributed by atoms with van der Waals surface area (Å²) in [4.78, 5) is 1.85. The normalized spacial score (nSPS) is 11.6. The Morgan fingerprint density at radius 1 is 0.621 bits per heavy atom. The predicted molar refractivity (Wildman–Crippen MR) is 130 cm³/mol. The maximum Gasteiger partial charge on any atom is 0.0837 e. The minimum Gasteiger partial charge on any atom is -0.303 e. The van der Waals surface area contributed by atoms with Gasteiger partial charge in [-0.15, -0.1) is 0 Å². The lowest BCUT2D eigenvalue weighted by Gasteiger charge is -2.32. The first-order chi connectivity index (χ1) is 13.5. The van der Waals surface area contributed by atoms with Crippen molar-refractivity contribution in [2.45, 2.75) is 33.1 Å². The lowest BCUT2D eigenvalue weighted by molar-refractivity contribution is 0.590. The van der Waals surface area contributed by atoms with Gasteiger partial charge in [-0.05, 0) is 53.8 Å². The SMILES string of the molecule is Cc1cccc(Cl)c1N(c1c(Cl)cccc1Cl)c1c(Cl)cc(C(C)(C)C)cc1Cl. The van der Waals surface area contributed by atoms with E-state index in [1.54, 1.807) is 18.2 Å². The molecule has 0 aliphatic carbocycles. The van der Waals surface area contributed by atoms with Crippen molar-refractivity contribution in [3.63, 3.8) is 0 Å². The number of nitrogens with zero attached hydrogens (tertiary/aromatic N) is 1. The number of aryl methyl sites for hydroxylation is 1. The standard InChI is InChI=1S/C23H20Cl5N/c1-13-7-5-8-15(24)20(13)29(21-16(25)9-6-10-17(21)26)22-18(27)11-14(12-19(22)28)23(2,3)4/h5-12H,1-4H3. The second-order valence-electron chi connectivity index (χ2n) is 7.85. The number of anilines is 3. The number of hydrogen-bond acceptors (Lipinski definition) is 1. The van der Waals surface area contributed by atoms with Crippen LogP contribution in [0.15, 0.2) is 48.5 Å². The number of rotatable bonds is 3. The van der Waals surface area contributed by atoms with Crippen LogP contribution in [-0.4, -0.2) is 0 Å². The molecule has 0 aliphatic rings. The number of benzene rings is 3. The van der Waals surface area contributed by atoms with Crippen LogP contribution in [-0.2, 0) is 5.41 Å². The monoisotopic (exact) mass is 485 g/mol. The third kappa shape index (κ3) is 4.50. The van der Waals surface area contributed by atoms with E-state index < -0.39 is 0 Å². The molecule has 152 valence electrons. The Kier molecular flexibility index (Phi) is 6.68. The van der Waals surface area contributed by atoms with Crippen molar-refractivity contribution in [1.29, 1.82) is 0 Å². The molecule has 1 nitrogen and oxygen atoms in total. The van der Waals surface area contributed by atoms with Crippen LogP contribution in [0, 0.1) is 6.92 Å². The topological polar surface area (TPSA) is 3.24 Å². The Balaban J connectivity index is 2.40. The highest BCUT2D eigenvalue weighted by molar-refractivity contribution is 6.43. The lowest BCUT2D eigenvalue weighted by atomic mass is 9.87. The fraction of sp³-hybridized carbons (Fsp3) is 0.217. The molecule has 0 atom stereocenters. The van der Waals surface area contributed by atoms with Crippen LogP contribution in [0.3, 0.4) is 0 Å². The molecular weight excluding hydrogens is 468 g/mol. The highest BCUT2D eigenvalue weighted by Crippen LogP contribution is 2.51. The van der Waals surface area contributed by atoms with E-state index in [-0.39, 0.29) is 5.41 Å². The van der Waals surface area contributed by atoms with Gasteiger partial charge >= 0.3 is 0 Å². The van der Waals surface area contributed by atoms with Gasteiger partial charge in [0.25, 0.3) is 0 Å². The maximum atomic E-state index is 6.79. The zero-order chi connectivity index (χ0) is 21.5. The smallest absolute Gasteiger partial charge is 0.0837 e. The summed E-state index contributed by atoms with van der Waals surface area (Å²) in [6.45, 7) is 8.28. The van der Waals surface area contributed by atoms with Gasteiger partial charge in [-0.3, -0.25) is 0 Å². The molecule has 0 heterocycles. The van der Waals surface area contributed by atoms with Gasteiger partial charge in [0.05, 0.1) is 42.2 Å². The molecule has 0 saturated heterocycles. The molecule has 0 N–H and O–H groups in total. The van der Waals surface area contributed by atoms with Gasteiger partial charge in [-0.25, -0.2) is 0 Å². The molecule has 0 unspecified atom stereocenters. The molecule has 0 aromatic heterocycles. The molecule has 29 heavy (non-hydrogen) atoms. The summed E-state index contributed by atoms with van der Waals surface area (Å²) in [7, 11) is 0. The van der Waals surface area contributed by atoms with Crippen molar-refractivity contribution in [1.82, 2.24) is 0 Å². The summed E-state index contributed by atoms with van der Waals surface area (Å²) in [6.07, 6.45) is 0. The van der Waals surface area contributed by atoms with Gasteiger partial charge < -0.3 is 4.90 Å². The summed E-state index contributed by atoms with van der Waals surface area (Å²) < 4.78 is 0. The average molecular weight is 488 g/mol. The van der Waals surface area contributed by atoms with E-state index in [1.807, 2.05) is 42.2 Å². The van der Waals surface area contributed by atoms with Crippen molar-refractivity contribution in [3.05, 3.63) is 84.8 Å². The quantitative estimate of drug-likeness (QED) is 0.355. The minimum atomic E-state index is -0.112. The molecule has 0 aliphatic heterocycles. The first kappa shape index (κ1) is 22.6. The molecule has 0 radical (unpaired) electrons. The van der Waals surface area contributed by atoms with Gasteiger partial charge in [0, 0.05) is 0 Å². The van der Waals surface area contributed by atoms with Crippen LogP contribution < -0.4 is 4.90 Å². The number of para-hydroxylation sites is 2. The van der Waals surface area contributed by atoms with Crippen LogP contribution in [0.2, 0.25) is 25.1 Å². The van der Waals surface area contributed by atoms with Gasteiger partial charge in [-0.1, -0.05) is 97.0 Å². The van der Waals surface area contributed by atoms with Gasteiger partial charge in [0.1, 0.15) is 0 Å². The van der Waals surface area contributed by atoms with Gasteiger partial charge in [-0.2, -0.15) is 0 Å². The van der Waals surface area contributed by atoms with E-state index in [1.165, 1.54) is 0 Å². The summed E-state index contributed by atoms with van der Waals surface area (Å²) in [5, 5.41) is 2.43. The first-order valence-corrected chi connectivity index (χ1v) is 10.9.